The normalized spacial score (nSPS) is 10.8. The average Bonchev–Trinajstić information content (AvgIpc) is 3.03. The first-order chi connectivity index (χ1) is 13.4. The minimum Gasteiger partial charge on any atom is -0.433 e. The van der Waals surface area contributed by atoms with E-state index >= 15 is 0 Å². The Hall–Kier alpha value is -3.00. The lowest BCUT2D eigenvalue weighted by Crippen LogP contribution is -2.20. The number of aromatic nitrogens is 2. The molecule has 0 aliphatic rings. The number of benzene rings is 2. The lowest BCUT2D eigenvalue weighted by atomic mass is 10.1. The van der Waals surface area contributed by atoms with E-state index in [-0.39, 0.29) is 10.9 Å². The third kappa shape index (κ3) is 5.50. The van der Waals surface area contributed by atoms with Gasteiger partial charge in [0.15, 0.2) is 10.9 Å². The van der Waals surface area contributed by atoms with E-state index in [0.29, 0.717) is 18.1 Å². The maximum Gasteiger partial charge on any atom is 0.387 e. The van der Waals surface area contributed by atoms with Crippen molar-refractivity contribution in [3.63, 3.8) is 0 Å². The van der Waals surface area contributed by atoms with Crippen LogP contribution in [0, 0.1) is 13.8 Å². The van der Waals surface area contributed by atoms with Crippen LogP contribution in [0.15, 0.2) is 54.7 Å². The zero-order chi connectivity index (χ0) is 20.1. The first kappa shape index (κ1) is 19.8. The standard InChI is InChI=1S/C20H20F2N4OS/c1-13-4-3-5-15(10-13)12-26-9-8-18(25-26)24-20(28)23-16-11-14(2)6-7-17(16)27-19(21)22/h3-11,19H,12H2,1-2H3,(H2,23,24,25,28). The molecule has 1 heterocycles. The lowest BCUT2D eigenvalue weighted by molar-refractivity contribution is -0.0493. The maximum atomic E-state index is 12.6. The predicted molar refractivity (Wildman–Crippen MR) is 110 cm³/mol. The minimum atomic E-state index is -2.91. The van der Waals surface area contributed by atoms with Crippen molar-refractivity contribution in [2.75, 3.05) is 10.6 Å². The highest BCUT2D eigenvalue weighted by Gasteiger charge is 2.12. The molecule has 0 saturated carbocycles. The molecular weight excluding hydrogens is 382 g/mol. The molecule has 2 N–H and O–H groups in total. The van der Waals surface area contributed by atoms with Crippen molar-refractivity contribution in [2.24, 2.45) is 0 Å². The molecule has 0 bridgehead atoms. The fourth-order valence-corrected chi connectivity index (χ4v) is 2.94. The Balaban J connectivity index is 1.64. The van der Waals surface area contributed by atoms with Crippen LogP contribution >= 0.6 is 12.2 Å². The van der Waals surface area contributed by atoms with Gasteiger partial charge in [-0.2, -0.15) is 13.9 Å². The van der Waals surface area contributed by atoms with E-state index in [1.54, 1.807) is 22.9 Å². The zero-order valence-corrected chi connectivity index (χ0v) is 16.3. The van der Waals surface area contributed by atoms with Gasteiger partial charge in [-0.1, -0.05) is 35.9 Å². The summed E-state index contributed by atoms with van der Waals surface area (Å²) in [5.41, 5.74) is 3.57. The number of hydrogen-bond donors (Lipinski definition) is 2. The van der Waals surface area contributed by atoms with Gasteiger partial charge in [0.25, 0.3) is 0 Å². The number of halogens is 2. The van der Waals surface area contributed by atoms with E-state index in [9.17, 15) is 8.78 Å². The zero-order valence-electron chi connectivity index (χ0n) is 15.4. The van der Waals surface area contributed by atoms with Crippen molar-refractivity contribution in [1.82, 2.24) is 9.78 Å². The molecule has 0 aliphatic carbocycles. The minimum absolute atomic E-state index is 0.0229. The van der Waals surface area contributed by atoms with Crippen LogP contribution in [0.3, 0.4) is 0 Å². The molecule has 5 nitrogen and oxygen atoms in total. The number of ether oxygens (including phenoxy) is 1. The van der Waals surface area contributed by atoms with Crippen LogP contribution in [0.4, 0.5) is 20.3 Å². The van der Waals surface area contributed by atoms with Crippen LogP contribution in [0.5, 0.6) is 5.75 Å². The molecule has 28 heavy (non-hydrogen) atoms. The Kier molecular flexibility index (Phi) is 6.20. The summed E-state index contributed by atoms with van der Waals surface area (Å²) in [7, 11) is 0. The molecule has 146 valence electrons. The fourth-order valence-electron chi connectivity index (χ4n) is 2.72. The number of nitrogens with zero attached hydrogens (tertiary/aromatic N) is 2. The van der Waals surface area contributed by atoms with Crippen LogP contribution < -0.4 is 15.4 Å². The monoisotopic (exact) mass is 402 g/mol. The molecule has 0 amide bonds. The second kappa shape index (κ2) is 8.79. The van der Waals surface area contributed by atoms with Crippen LogP contribution in [0.1, 0.15) is 16.7 Å². The highest BCUT2D eigenvalue weighted by Crippen LogP contribution is 2.27. The Labute approximate surface area is 167 Å². The van der Waals surface area contributed by atoms with Gasteiger partial charge in [-0.05, 0) is 49.3 Å². The Morgan fingerprint density at radius 2 is 1.89 bits per heavy atom. The predicted octanol–water partition coefficient (Wildman–Crippen LogP) is 4.96. The highest BCUT2D eigenvalue weighted by molar-refractivity contribution is 7.80. The average molecular weight is 402 g/mol. The summed E-state index contributed by atoms with van der Waals surface area (Å²) in [6.07, 6.45) is 1.84. The number of thiocarbonyl (C=S) groups is 1. The van der Waals surface area contributed by atoms with Gasteiger partial charge in [-0.25, -0.2) is 0 Å². The summed E-state index contributed by atoms with van der Waals surface area (Å²) in [6.45, 7) is 1.61. The third-order valence-corrected chi connectivity index (χ3v) is 4.11. The van der Waals surface area contributed by atoms with Gasteiger partial charge in [0.05, 0.1) is 12.2 Å². The van der Waals surface area contributed by atoms with Crippen molar-refractivity contribution >= 4 is 28.8 Å². The lowest BCUT2D eigenvalue weighted by Gasteiger charge is -2.14. The van der Waals surface area contributed by atoms with Gasteiger partial charge in [-0.15, -0.1) is 0 Å². The number of rotatable bonds is 6. The SMILES string of the molecule is Cc1cccc(Cn2ccc(NC(=S)Nc3cc(C)ccc3OC(F)F)n2)c1. The molecule has 3 rings (SSSR count). The number of nitrogens with one attached hydrogen (secondary N) is 2. The quantitative estimate of drug-likeness (QED) is 0.571. The van der Waals surface area contributed by atoms with E-state index < -0.39 is 6.61 Å². The first-order valence-corrected chi connectivity index (χ1v) is 9.02. The summed E-state index contributed by atoms with van der Waals surface area (Å²) in [5, 5.41) is 10.5. The largest absolute Gasteiger partial charge is 0.433 e. The summed E-state index contributed by atoms with van der Waals surface area (Å²) in [5.74, 6) is 0.573. The van der Waals surface area contributed by atoms with E-state index in [1.807, 2.05) is 38.2 Å². The summed E-state index contributed by atoms with van der Waals surface area (Å²) in [6, 6.07) is 14.8. The van der Waals surface area contributed by atoms with E-state index in [1.165, 1.54) is 11.6 Å². The van der Waals surface area contributed by atoms with Gasteiger partial charge >= 0.3 is 6.61 Å². The topological polar surface area (TPSA) is 51.1 Å². The second-order valence-electron chi connectivity index (χ2n) is 6.34. The van der Waals surface area contributed by atoms with Gasteiger partial charge < -0.3 is 15.4 Å². The molecule has 0 saturated heterocycles. The van der Waals surface area contributed by atoms with Crippen LogP contribution in [0.25, 0.3) is 0 Å². The summed E-state index contributed by atoms with van der Waals surface area (Å²) in [4.78, 5) is 0. The number of alkyl halides is 2. The van der Waals surface area contributed by atoms with Crippen LogP contribution in [-0.2, 0) is 6.54 Å². The molecule has 2 aromatic carbocycles. The second-order valence-corrected chi connectivity index (χ2v) is 6.75. The van der Waals surface area contributed by atoms with Crippen molar-refractivity contribution in [3.05, 3.63) is 71.4 Å². The van der Waals surface area contributed by atoms with Gasteiger partial charge in [0.1, 0.15) is 5.75 Å². The smallest absolute Gasteiger partial charge is 0.387 e. The van der Waals surface area contributed by atoms with Gasteiger partial charge in [-0.3, -0.25) is 4.68 Å². The molecule has 3 aromatic rings. The fraction of sp³-hybridized carbons (Fsp3) is 0.200. The molecule has 0 atom stereocenters. The third-order valence-electron chi connectivity index (χ3n) is 3.91. The molecule has 0 fully saturated rings. The number of aryl methyl sites for hydroxylation is 2. The van der Waals surface area contributed by atoms with Gasteiger partial charge in [0, 0.05) is 12.3 Å². The Bertz CT molecular complexity index is 974. The van der Waals surface area contributed by atoms with E-state index in [2.05, 4.69) is 26.5 Å². The number of hydrogen-bond acceptors (Lipinski definition) is 3. The van der Waals surface area contributed by atoms with E-state index in [0.717, 1.165) is 11.1 Å². The molecule has 1 aromatic heterocycles. The molecule has 0 radical (unpaired) electrons. The molecule has 0 spiro atoms. The Morgan fingerprint density at radius 1 is 1.11 bits per heavy atom. The highest BCUT2D eigenvalue weighted by atomic mass is 32.1. The number of anilines is 2. The molecule has 0 unspecified atom stereocenters. The van der Waals surface area contributed by atoms with E-state index in [4.69, 9.17) is 12.2 Å². The first-order valence-electron chi connectivity index (χ1n) is 8.61. The van der Waals surface area contributed by atoms with Crippen molar-refractivity contribution in [3.8, 4) is 5.75 Å². The van der Waals surface area contributed by atoms with Crippen molar-refractivity contribution in [1.29, 1.82) is 0 Å². The summed E-state index contributed by atoms with van der Waals surface area (Å²) >= 11 is 5.28. The molecule has 0 aliphatic heterocycles. The van der Waals surface area contributed by atoms with Crippen molar-refractivity contribution in [2.45, 2.75) is 27.0 Å². The van der Waals surface area contributed by atoms with Gasteiger partial charge in [0.2, 0.25) is 0 Å². The van der Waals surface area contributed by atoms with Crippen LogP contribution in [0.2, 0.25) is 0 Å². The van der Waals surface area contributed by atoms with Crippen LogP contribution in [-0.4, -0.2) is 21.5 Å². The molecule has 8 heteroatoms. The summed E-state index contributed by atoms with van der Waals surface area (Å²) < 4.78 is 31.5. The Morgan fingerprint density at radius 3 is 2.64 bits per heavy atom. The van der Waals surface area contributed by atoms with Crippen molar-refractivity contribution < 1.29 is 13.5 Å². The maximum absolute atomic E-state index is 12.6. The molecular formula is C20H20F2N4OS.